The summed E-state index contributed by atoms with van der Waals surface area (Å²) in [6.07, 6.45) is 35.1. The quantitative estimate of drug-likeness (QED) is 0.169. The highest BCUT2D eigenvalue weighted by atomic mass is 16.3. The van der Waals surface area contributed by atoms with Gasteiger partial charge in [0.05, 0.1) is 0 Å². The van der Waals surface area contributed by atoms with E-state index >= 15 is 0 Å². The molecule has 0 amide bonds. The van der Waals surface area contributed by atoms with E-state index in [9.17, 15) is 25.5 Å². The first-order valence-electron chi connectivity index (χ1n) is 19.2. The molecule has 5 heteroatoms. The number of aliphatic hydroxyl groups excluding tert-OH is 5. The molecule has 0 heterocycles. The van der Waals surface area contributed by atoms with Gasteiger partial charge in [0.15, 0.2) is 0 Å². The van der Waals surface area contributed by atoms with Gasteiger partial charge in [-0.15, -0.1) is 0 Å². The van der Waals surface area contributed by atoms with Crippen LogP contribution in [0.2, 0.25) is 0 Å². The highest BCUT2D eigenvalue weighted by Crippen LogP contribution is 2.59. The molecule has 0 aliphatic heterocycles. The Bertz CT molecular complexity index is 571. The molecular formula is C38H76O5. The third kappa shape index (κ3) is 16.8. The minimum absolute atomic E-state index is 0.0283. The van der Waals surface area contributed by atoms with Crippen molar-refractivity contribution in [1.82, 2.24) is 0 Å². The summed E-state index contributed by atoms with van der Waals surface area (Å²) in [6.45, 7) is 0.244. The van der Waals surface area contributed by atoms with Crippen molar-refractivity contribution >= 4 is 0 Å². The minimum atomic E-state index is -0.409. The molecule has 5 nitrogen and oxygen atoms in total. The largest absolute Gasteiger partial charge is 0.396 e. The fourth-order valence-electron chi connectivity index (χ4n) is 8.86. The lowest BCUT2D eigenvalue weighted by Crippen LogP contribution is -2.50. The fraction of sp³-hybridized carbons (Fsp3) is 1.00. The first kappa shape index (κ1) is 40.8. The Labute approximate surface area is 267 Å². The van der Waals surface area contributed by atoms with Gasteiger partial charge in [0, 0.05) is 33.0 Å². The molecule has 1 fully saturated rings. The van der Waals surface area contributed by atoms with Gasteiger partial charge >= 0.3 is 0 Å². The maximum Gasteiger partial charge on any atom is 0.0436 e. The maximum absolute atomic E-state index is 10.4. The molecule has 1 saturated carbocycles. The third-order valence-electron chi connectivity index (χ3n) is 11.3. The Morgan fingerprint density at radius 2 is 0.651 bits per heavy atom. The van der Waals surface area contributed by atoms with Crippen molar-refractivity contribution in [2.24, 2.45) is 16.7 Å². The zero-order valence-electron chi connectivity index (χ0n) is 28.6. The van der Waals surface area contributed by atoms with E-state index < -0.39 is 5.41 Å². The Morgan fingerprint density at radius 3 is 0.953 bits per heavy atom. The Kier molecular flexibility index (Phi) is 26.6. The number of rotatable bonds is 10. The van der Waals surface area contributed by atoms with Crippen LogP contribution in [-0.4, -0.2) is 58.6 Å². The van der Waals surface area contributed by atoms with Crippen LogP contribution in [0.3, 0.4) is 0 Å². The molecule has 5 N–H and O–H groups in total. The second kappa shape index (κ2) is 28.1. The van der Waals surface area contributed by atoms with Crippen molar-refractivity contribution < 1.29 is 25.5 Å². The topological polar surface area (TPSA) is 101 Å². The van der Waals surface area contributed by atoms with E-state index in [-0.39, 0.29) is 44.4 Å². The molecule has 1 aliphatic carbocycles. The molecule has 1 unspecified atom stereocenters. The van der Waals surface area contributed by atoms with Crippen LogP contribution in [0.5, 0.6) is 0 Å². The van der Waals surface area contributed by atoms with Gasteiger partial charge in [0.1, 0.15) is 0 Å². The van der Waals surface area contributed by atoms with Crippen LogP contribution in [0.15, 0.2) is 0 Å². The van der Waals surface area contributed by atoms with Crippen molar-refractivity contribution in [2.75, 3.05) is 33.0 Å². The van der Waals surface area contributed by atoms with Crippen LogP contribution in [0, 0.1) is 16.7 Å². The van der Waals surface area contributed by atoms with Gasteiger partial charge in [-0.25, -0.2) is 0 Å². The molecule has 0 aromatic heterocycles. The number of aliphatic hydroxyl groups is 5. The average Bonchev–Trinajstić information content (AvgIpc) is 3.00. The highest BCUT2D eigenvalue weighted by Gasteiger charge is 2.52. The summed E-state index contributed by atoms with van der Waals surface area (Å²) in [5.74, 6) is 0.154. The van der Waals surface area contributed by atoms with Crippen molar-refractivity contribution in [1.29, 1.82) is 0 Å². The first-order chi connectivity index (χ1) is 21.2. The van der Waals surface area contributed by atoms with Crippen LogP contribution >= 0.6 is 0 Å². The van der Waals surface area contributed by atoms with Gasteiger partial charge in [0.25, 0.3) is 0 Å². The van der Waals surface area contributed by atoms with E-state index in [4.69, 9.17) is 0 Å². The minimum Gasteiger partial charge on any atom is -0.396 e. The van der Waals surface area contributed by atoms with E-state index in [1.54, 1.807) is 0 Å². The van der Waals surface area contributed by atoms with E-state index in [0.717, 1.165) is 32.1 Å². The summed E-state index contributed by atoms with van der Waals surface area (Å²) in [6, 6.07) is 0. The number of hydrogen-bond acceptors (Lipinski definition) is 5. The van der Waals surface area contributed by atoms with E-state index in [2.05, 4.69) is 0 Å². The zero-order chi connectivity index (χ0) is 31.3. The van der Waals surface area contributed by atoms with Crippen molar-refractivity contribution in [3.63, 3.8) is 0 Å². The summed E-state index contributed by atoms with van der Waals surface area (Å²) in [4.78, 5) is 0. The van der Waals surface area contributed by atoms with Crippen LogP contribution in [0.4, 0.5) is 0 Å². The lowest BCUT2D eigenvalue weighted by atomic mass is 9.49. The van der Waals surface area contributed by atoms with Gasteiger partial charge in [0.2, 0.25) is 0 Å². The first-order valence-corrected chi connectivity index (χ1v) is 19.2. The molecule has 0 aromatic carbocycles. The smallest absolute Gasteiger partial charge is 0.0436 e. The van der Waals surface area contributed by atoms with Crippen molar-refractivity contribution in [2.45, 2.75) is 193 Å². The van der Waals surface area contributed by atoms with E-state index in [1.165, 1.54) is 128 Å². The summed E-state index contributed by atoms with van der Waals surface area (Å²) < 4.78 is 0. The zero-order valence-corrected chi connectivity index (χ0v) is 28.6. The SMILES string of the molecule is OCCC1CCCCCCCCCCCCCCCCCCCCCCCCCC(CCO)(CCO)C1(CCO)CCO. The molecule has 0 spiro atoms. The standard InChI is InChI=1S/C38H76O5/c39-31-25-36-24-22-20-18-16-14-12-10-8-6-4-2-1-3-5-7-9-11-13-15-17-19-21-23-26-37(27-32-40,28-33-41)38(36,29-34-42)30-35-43/h36,39-43H,1-35H2. The maximum atomic E-state index is 10.4. The fourth-order valence-corrected chi connectivity index (χ4v) is 8.86. The van der Waals surface area contributed by atoms with Crippen molar-refractivity contribution in [3.05, 3.63) is 0 Å². The Morgan fingerprint density at radius 1 is 0.349 bits per heavy atom. The number of hydrogen-bond donors (Lipinski definition) is 5. The molecule has 1 aliphatic rings. The van der Waals surface area contributed by atoms with Crippen LogP contribution in [0.1, 0.15) is 193 Å². The molecule has 1 rings (SSSR count). The van der Waals surface area contributed by atoms with E-state index in [0.29, 0.717) is 32.1 Å². The van der Waals surface area contributed by atoms with Gasteiger partial charge in [-0.1, -0.05) is 148 Å². The summed E-state index contributed by atoms with van der Waals surface area (Å²) in [5.41, 5.74) is -0.766. The van der Waals surface area contributed by atoms with Crippen LogP contribution < -0.4 is 0 Å². The summed E-state index contributed by atoms with van der Waals surface area (Å²) in [7, 11) is 0. The lowest BCUT2D eigenvalue weighted by Gasteiger charge is -2.56. The normalized spacial score (nSPS) is 24.1. The Hall–Kier alpha value is -0.200. The lowest BCUT2D eigenvalue weighted by molar-refractivity contribution is -0.100. The van der Waals surface area contributed by atoms with Gasteiger partial charge < -0.3 is 25.5 Å². The molecule has 0 aromatic rings. The second-order valence-electron chi connectivity index (χ2n) is 14.2. The third-order valence-corrected chi connectivity index (χ3v) is 11.3. The molecule has 43 heavy (non-hydrogen) atoms. The molecule has 1 atom stereocenters. The summed E-state index contributed by atoms with van der Waals surface area (Å²) in [5, 5.41) is 51.6. The van der Waals surface area contributed by atoms with Gasteiger partial charge in [-0.2, -0.15) is 0 Å². The molecular weight excluding hydrogens is 536 g/mol. The molecule has 0 saturated heterocycles. The molecule has 0 radical (unpaired) electrons. The molecule has 0 bridgehead atoms. The predicted octanol–water partition coefficient (Wildman–Crippen LogP) is 9.25. The van der Waals surface area contributed by atoms with Crippen molar-refractivity contribution in [3.8, 4) is 0 Å². The molecule has 258 valence electrons. The van der Waals surface area contributed by atoms with E-state index in [1.807, 2.05) is 0 Å². The van der Waals surface area contributed by atoms with Gasteiger partial charge in [-0.05, 0) is 61.7 Å². The predicted molar refractivity (Wildman–Crippen MR) is 182 cm³/mol. The Balaban J connectivity index is 2.99. The summed E-state index contributed by atoms with van der Waals surface area (Å²) >= 11 is 0. The van der Waals surface area contributed by atoms with Crippen LogP contribution in [0.25, 0.3) is 0 Å². The van der Waals surface area contributed by atoms with Gasteiger partial charge in [-0.3, -0.25) is 0 Å². The average molecular weight is 613 g/mol. The second-order valence-corrected chi connectivity index (χ2v) is 14.2. The monoisotopic (exact) mass is 613 g/mol. The highest BCUT2D eigenvalue weighted by molar-refractivity contribution is 5.01. The van der Waals surface area contributed by atoms with Crippen LogP contribution in [-0.2, 0) is 0 Å².